The van der Waals surface area contributed by atoms with Crippen molar-refractivity contribution in [2.75, 3.05) is 26.0 Å². The Labute approximate surface area is 150 Å². The third kappa shape index (κ3) is 3.97. The smallest absolute Gasteiger partial charge is 0.233 e. The molecule has 1 amide bonds. The molecule has 0 aromatic heterocycles. The minimum atomic E-state index is 0.0224. The van der Waals surface area contributed by atoms with Crippen LogP contribution in [0.5, 0.6) is 11.5 Å². The van der Waals surface area contributed by atoms with E-state index in [2.05, 4.69) is 0 Å². The fourth-order valence-electron chi connectivity index (χ4n) is 2.53. The molecule has 1 heterocycles. The summed E-state index contributed by atoms with van der Waals surface area (Å²) in [5.74, 6) is 2.18. The summed E-state index contributed by atoms with van der Waals surface area (Å²) in [6, 6.07) is 15.1. The van der Waals surface area contributed by atoms with Crippen LogP contribution >= 0.6 is 23.4 Å². The van der Waals surface area contributed by atoms with Crippen LogP contribution < -0.4 is 9.47 Å². The van der Waals surface area contributed by atoms with Crippen molar-refractivity contribution in [2.45, 2.75) is 5.37 Å². The zero-order valence-corrected chi connectivity index (χ0v) is 14.8. The van der Waals surface area contributed by atoms with Gasteiger partial charge in [0.1, 0.15) is 23.5 Å². The molecule has 2 aromatic rings. The molecule has 0 aliphatic carbocycles. The predicted octanol–water partition coefficient (Wildman–Crippen LogP) is 4.00. The summed E-state index contributed by atoms with van der Waals surface area (Å²) in [5.41, 5.74) is 1.08. The second-order valence-electron chi connectivity index (χ2n) is 5.33. The lowest BCUT2D eigenvalue weighted by Crippen LogP contribution is -2.32. The van der Waals surface area contributed by atoms with Crippen molar-refractivity contribution in [3.63, 3.8) is 0 Å². The molecule has 1 aliphatic rings. The molecule has 4 nitrogen and oxygen atoms in total. The van der Waals surface area contributed by atoms with Gasteiger partial charge in [-0.3, -0.25) is 4.79 Å². The number of hydrogen-bond donors (Lipinski definition) is 0. The molecule has 1 fully saturated rings. The summed E-state index contributed by atoms with van der Waals surface area (Å²) in [5, 5.41) is 0.719. The number of hydrogen-bond acceptors (Lipinski definition) is 4. The lowest BCUT2D eigenvalue weighted by Gasteiger charge is -2.24. The Morgan fingerprint density at radius 3 is 2.46 bits per heavy atom. The molecular formula is C18H18ClNO3S. The Hall–Kier alpha value is -1.85. The molecule has 1 unspecified atom stereocenters. The highest BCUT2D eigenvalue weighted by Crippen LogP contribution is 2.38. The number of nitrogens with zero attached hydrogens (tertiary/aromatic N) is 1. The highest BCUT2D eigenvalue weighted by atomic mass is 35.5. The standard InChI is InChI=1S/C18H18ClNO3S/c1-22-15-6-8-16(9-7-15)23-11-10-20-17(21)12-24-18(20)13-2-4-14(19)5-3-13/h2-9,18H,10-12H2,1H3. The molecule has 126 valence electrons. The largest absolute Gasteiger partial charge is 0.497 e. The Kier molecular flexibility index (Phi) is 5.53. The van der Waals surface area contributed by atoms with Crippen LogP contribution in [0.1, 0.15) is 10.9 Å². The molecule has 2 aromatic carbocycles. The first-order valence-electron chi connectivity index (χ1n) is 7.61. The number of carbonyl (C=O) groups is 1. The molecule has 6 heteroatoms. The minimum Gasteiger partial charge on any atom is -0.497 e. The first kappa shape index (κ1) is 17.0. The van der Waals surface area contributed by atoms with Crippen molar-refractivity contribution >= 4 is 29.3 Å². The molecule has 1 aliphatic heterocycles. The van der Waals surface area contributed by atoms with Crippen molar-refractivity contribution < 1.29 is 14.3 Å². The lowest BCUT2D eigenvalue weighted by molar-refractivity contribution is -0.128. The van der Waals surface area contributed by atoms with E-state index in [9.17, 15) is 4.79 Å². The zero-order chi connectivity index (χ0) is 16.9. The normalized spacial score (nSPS) is 17.2. The maximum absolute atomic E-state index is 12.2. The fourth-order valence-corrected chi connectivity index (χ4v) is 3.88. The summed E-state index contributed by atoms with van der Waals surface area (Å²) in [4.78, 5) is 14.0. The van der Waals surface area contributed by atoms with Crippen molar-refractivity contribution in [3.05, 3.63) is 59.1 Å². The summed E-state index contributed by atoms with van der Waals surface area (Å²) in [6.07, 6.45) is 0. The zero-order valence-electron chi connectivity index (χ0n) is 13.3. The summed E-state index contributed by atoms with van der Waals surface area (Å²) < 4.78 is 10.9. The van der Waals surface area contributed by atoms with Gasteiger partial charge < -0.3 is 14.4 Å². The first-order chi connectivity index (χ1) is 11.7. The van der Waals surface area contributed by atoms with Gasteiger partial charge in [0.25, 0.3) is 0 Å². The van der Waals surface area contributed by atoms with Crippen LogP contribution in [0, 0.1) is 0 Å². The van der Waals surface area contributed by atoms with E-state index in [0.717, 1.165) is 17.1 Å². The fraction of sp³-hybridized carbons (Fsp3) is 0.278. The van der Waals surface area contributed by atoms with Crippen LogP contribution in [0.4, 0.5) is 0 Å². The van der Waals surface area contributed by atoms with E-state index in [1.807, 2.05) is 53.4 Å². The quantitative estimate of drug-likeness (QED) is 0.777. The van der Waals surface area contributed by atoms with Gasteiger partial charge in [-0.15, -0.1) is 11.8 Å². The Bertz CT molecular complexity index is 690. The lowest BCUT2D eigenvalue weighted by atomic mass is 10.2. The monoisotopic (exact) mass is 363 g/mol. The van der Waals surface area contributed by atoms with E-state index in [4.69, 9.17) is 21.1 Å². The Morgan fingerprint density at radius 1 is 1.12 bits per heavy atom. The summed E-state index contributed by atoms with van der Waals surface area (Å²) >= 11 is 7.57. The van der Waals surface area contributed by atoms with Gasteiger partial charge in [0, 0.05) is 5.02 Å². The highest BCUT2D eigenvalue weighted by molar-refractivity contribution is 8.00. The molecule has 0 spiro atoms. The number of thioether (sulfide) groups is 1. The van der Waals surface area contributed by atoms with Gasteiger partial charge in [-0.2, -0.15) is 0 Å². The van der Waals surface area contributed by atoms with Crippen molar-refractivity contribution in [3.8, 4) is 11.5 Å². The van der Waals surface area contributed by atoms with Gasteiger partial charge in [-0.25, -0.2) is 0 Å². The minimum absolute atomic E-state index is 0.0224. The van der Waals surface area contributed by atoms with Gasteiger partial charge in [0.15, 0.2) is 0 Å². The molecule has 24 heavy (non-hydrogen) atoms. The molecular weight excluding hydrogens is 346 g/mol. The molecule has 3 rings (SSSR count). The molecule has 0 bridgehead atoms. The highest BCUT2D eigenvalue weighted by Gasteiger charge is 2.32. The second kappa shape index (κ2) is 7.81. The number of halogens is 1. The van der Waals surface area contributed by atoms with Gasteiger partial charge in [0.2, 0.25) is 5.91 Å². The third-order valence-corrected chi connectivity index (χ3v) is 5.29. The number of benzene rings is 2. The van der Waals surface area contributed by atoms with Gasteiger partial charge >= 0.3 is 0 Å². The number of methoxy groups -OCH3 is 1. The van der Waals surface area contributed by atoms with E-state index in [0.29, 0.717) is 23.9 Å². The molecule has 1 saturated heterocycles. The average Bonchev–Trinajstić information content (AvgIpc) is 2.97. The van der Waals surface area contributed by atoms with E-state index in [1.54, 1.807) is 18.9 Å². The molecule has 0 radical (unpaired) electrons. The molecule has 0 N–H and O–H groups in total. The van der Waals surface area contributed by atoms with Gasteiger partial charge in [0.05, 0.1) is 19.4 Å². The maximum atomic E-state index is 12.2. The first-order valence-corrected chi connectivity index (χ1v) is 9.03. The van der Waals surface area contributed by atoms with Crippen molar-refractivity contribution in [1.82, 2.24) is 4.90 Å². The van der Waals surface area contributed by atoms with Crippen LogP contribution in [0.15, 0.2) is 48.5 Å². The van der Waals surface area contributed by atoms with Gasteiger partial charge in [-0.1, -0.05) is 23.7 Å². The van der Waals surface area contributed by atoms with E-state index in [-0.39, 0.29) is 11.3 Å². The van der Waals surface area contributed by atoms with E-state index < -0.39 is 0 Å². The predicted molar refractivity (Wildman–Crippen MR) is 96.9 cm³/mol. The van der Waals surface area contributed by atoms with Crippen LogP contribution in [-0.4, -0.2) is 36.8 Å². The van der Waals surface area contributed by atoms with Crippen LogP contribution in [0.3, 0.4) is 0 Å². The van der Waals surface area contributed by atoms with Gasteiger partial charge in [-0.05, 0) is 42.0 Å². The summed E-state index contributed by atoms with van der Waals surface area (Å²) in [7, 11) is 1.63. The Morgan fingerprint density at radius 2 is 1.79 bits per heavy atom. The van der Waals surface area contributed by atoms with E-state index in [1.165, 1.54) is 0 Å². The third-order valence-electron chi connectivity index (χ3n) is 3.78. The maximum Gasteiger partial charge on any atom is 0.233 e. The van der Waals surface area contributed by atoms with Crippen LogP contribution in [0.25, 0.3) is 0 Å². The van der Waals surface area contributed by atoms with Crippen molar-refractivity contribution in [1.29, 1.82) is 0 Å². The SMILES string of the molecule is COc1ccc(OCCN2C(=O)CSC2c2ccc(Cl)cc2)cc1. The van der Waals surface area contributed by atoms with E-state index >= 15 is 0 Å². The summed E-state index contributed by atoms with van der Waals surface area (Å²) in [6.45, 7) is 0.994. The Balaban J connectivity index is 1.59. The topological polar surface area (TPSA) is 38.8 Å². The average molecular weight is 364 g/mol. The second-order valence-corrected chi connectivity index (χ2v) is 6.83. The molecule has 1 atom stereocenters. The van der Waals surface area contributed by atoms with Crippen LogP contribution in [0.2, 0.25) is 5.02 Å². The van der Waals surface area contributed by atoms with Crippen LogP contribution in [-0.2, 0) is 4.79 Å². The number of ether oxygens (including phenoxy) is 2. The van der Waals surface area contributed by atoms with Crippen molar-refractivity contribution in [2.24, 2.45) is 0 Å². The number of carbonyl (C=O) groups excluding carboxylic acids is 1. The molecule has 0 saturated carbocycles. The number of amides is 1. The number of rotatable bonds is 6.